The van der Waals surface area contributed by atoms with Crippen molar-refractivity contribution in [2.24, 2.45) is 13.0 Å². The van der Waals surface area contributed by atoms with Crippen LogP contribution in [0.4, 0.5) is 9.52 Å². The number of carboxylic acids is 1. The molecular formula is C31H26ClFN4O3S. The summed E-state index contributed by atoms with van der Waals surface area (Å²) >= 11 is 7.16. The van der Waals surface area contributed by atoms with Crippen LogP contribution in [0.25, 0.3) is 33.4 Å². The third-order valence-corrected chi connectivity index (χ3v) is 8.36. The van der Waals surface area contributed by atoms with Gasteiger partial charge in [0.05, 0.1) is 12.3 Å². The summed E-state index contributed by atoms with van der Waals surface area (Å²) in [6, 6.07) is 18.3. The van der Waals surface area contributed by atoms with E-state index in [9.17, 15) is 14.7 Å². The van der Waals surface area contributed by atoms with Gasteiger partial charge in [-0.2, -0.15) is 4.39 Å². The second kappa shape index (κ2) is 11.1. The Morgan fingerprint density at radius 1 is 1.15 bits per heavy atom. The van der Waals surface area contributed by atoms with E-state index in [1.165, 1.54) is 4.90 Å². The van der Waals surface area contributed by atoms with Crippen molar-refractivity contribution in [3.8, 4) is 22.4 Å². The van der Waals surface area contributed by atoms with Crippen LogP contribution in [0, 0.1) is 11.0 Å². The number of thiazole rings is 1. The van der Waals surface area contributed by atoms with Gasteiger partial charge >= 0.3 is 5.97 Å². The SMILES string of the molecule is Cn1ccc2cc(-c3ccc(Cl)cc3-c3nc(N(C(=O)[C@@H](CC(=O)O)Cc4ccccc4)C4CC4)sc3F)cnc21. The maximum atomic E-state index is 15.7. The minimum Gasteiger partial charge on any atom is -0.481 e. The molecule has 0 aliphatic heterocycles. The number of nitrogens with zero attached hydrogens (tertiary/aromatic N) is 4. The van der Waals surface area contributed by atoms with E-state index >= 15 is 4.39 Å². The molecule has 0 unspecified atom stereocenters. The number of carbonyl (C=O) groups is 2. The van der Waals surface area contributed by atoms with E-state index in [2.05, 4.69) is 9.97 Å². The molecule has 1 aliphatic rings. The number of halogens is 2. The maximum absolute atomic E-state index is 15.7. The Kier molecular flexibility index (Phi) is 7.32. The van der Waals surface area contributed by atoms with Crippen LogP contribution in [0.5, 0.6) is 0 Å². The summed E-state index contributed by atoms with van der Waals surface area (Å²) in [6.07, 6.45) is 5.10. The van der Waals surface area contributed by atoms with Gasteiger partial charge in [-0.1, -0.05) is 59.3 Å². The molecule has 7 nitrogen and oxygen atoms in total. The van der Waals surface area contributed by atoms with Crippen LogP contribution in [0.3, 0.4) is 0 Å². The number of carbonyl (C=O) groups excluding carboxylic acids is 1. The van der Waals surface area contributed by atoms with E-state index in [0.29, 0.717) is 16.1 Å². The lowest BCUT2D eigenvalue weighted by molar-refractivity contribution is -0.140. The van der Waals surface area contributed by atoms with Gasteiger partial charge in [-0.05, 0) is 54.7 Å². The quantitative estimate of drug-likeness (QED) is 0.201. The molecule has 0 spiro atoms. The van der Waals surface area contributed by atoms with Gasteiger partial charge in [-0.25, -0.2) is 9.97 Å². The smallest absolute Gasteiger partial charge is 0.304 e. The highest BCUT2D eigenvalue weighted by Crippen LogP contribution is 2.42. The van der Waals surface area contributed by atoms with Crippen molar-refractivity contribution < 1.29 is 19.1 Å². The summed E-state index contributed by atoms with van der Waals surface area (Å²) in [6.45, 7) is 0. The lowest BCUT2D eigenvalue weighted by Gasteiger charge is -2.24. The molecule has 0 radical (unpaired) electrons. The van der Waals surface area contributed by atoms with E-state index in [4.69, 9.17) is 11.6 Å². The molecule has 1 saturated carbocycles. The molecule has 41 heavy (non-hydrogen) atoms. The van der Waals surface area contributed by atoms with Crippen LogP contribution >= 0.6 is 22.9 Å². The first-order chi connectivity index (χ1) is 19.8. The third kappa shape index (κ3) is 5.60. The number of pyridine rings is 1. The zero-order valence-electron chi connectivity index (χ0n) is 22.1. The standard InChI is InChI=1S/C31H26ClFN4O3S/c1-36-12-11-19-14-21(17-34-29(19)36)24-10-7-22(32)16-25(24)27-28(33)41-31(35-27)37(23-8-9-23)30(40)20(15-26(38)39)13-18-5-3-2-4-6-18/h2-7,10-12,14,16-17,20,23H,8-9,13,15H2,1H3,(H,38,39)/t20-/m1/s1. The monoisotopic (exact) mass is 588 g/mol. The van der Waals surface area contributed by atoms with Crippen molar-refractivity contribution in [3.05, 3.63) is 88.8 Å². The van der Waals surface area contributed by atoms with E-state index in [-0.39, 0.29) is 35.6 Å². The van der Waals surface area contributed by atoms with Crippen LogP contribution < -0.4 is 4.90 Å². The molecule has 208 valence electrons. The molecule has 1 amide bonds. The third-order valence-electron chi connectivity index (χ3n) is 7.28. The van der Waals surface area contributed by atoms with Crippen LogP contribution in [0.15, 0.2) is 73.1 Å². The average Bonchev–Trinajstić information content (AvgIpc) is 3.61. The van der Waals surface area contributed by atoms with Gasteiger partial charge < -0.3 is 9.67 Å². The molecule has 10 heteroatoms. The summed E-state index contributed by atoms with van der Waals surface area (Å²) in [7, 11) is 1.92. The molecule has 1 atom stereocenters. The lowest BCUT2D eigenvalue weighted by atomic mass is 9.94. The second-order valence-electron chi connectivity index (χ2n) is 10.3. The lowest BCUT2D eigenvalue weighted by Crippen LogP contribution is -2.39. The molecule has 2 aromatic carbocycles. The van der Waals surface area contributed by atoms with Crippen molar-refractivity contribution in [2.75, 3.05) is 4.90 Å². The van der Waals surface area contributed by atoms with Gasteiger partial charge in [-0.3, -0.25) is 14.5 Å². The van der Waals surface area contributed by atoms with Gasteiger partial charge in [0.1, 0.15) is 11.3 Å². The minimum atomic E-state index is -1.06. The fourth-order valence-electron chi connectivity index (χ4n) is 5.14. The van der Waals surface area contributed by atoms with E-state index < -0.39 is 17.0 Å². The summed E-state index contributed by atoms with van der Waals surface area (Å²) in [5, 5.41) is 10.6. The van der Waals surface area contributed by atoms with Crippen molar-refractivity contribution in [1.29, 1.82) is 0 Å². The van der Waals surface area contributed by atoms with Crippen molar-refractivity contribution in [3.63, 3.8) is 0 Å². The van der Waals surface area contributed by atoms with Gasteiger partial charge in [0.2, 0.25) is 11.0 Å². The van der Waals surface area contributed by atoms with Gasteiger partial charge in [-0.15, -0.1) is 0 Å². The highest BCUT2D eigenvalue weighted by Gasteiger charge is 2.40. The fourth-order valence-corrected chi connectivity index (χ4v) is 6.20. The summed E-state index contributed by atoms with van der Waals surface area (Å²) < 4.78 is 17.6. The molecule has 1 aliphatic carbocycles. The highest BCUT2D eigenvalue weighted by molar-refractivity contribution is 7.14. The molecule has 5 aromatic rings. The van der Waals surface area contributed by atoms with Crippen molar-refractivity contribution >= 4 is 51.0 Å². The number of amides is 1. The number of anilines is 1. The van der Waals surface area contributed by atoms with Crippen molar-refractivity contribution in [1.82, 2.24) is 14.5 Å². The Labute approximate surface area is 244 Å². The Balaban J connectivity index is 1.38. The summed E-state index contributed by atoms with van der Waals surface area (Å²) in [5.41, 5.74) is 3.76. The number of carboxylic acid groups (broad SMARTS) is 1. The summed E-state index contributed by atoms with van der Waals surface area (Å²) in [5.74, 6) is -2.23. The fraction of sp³-hybridized carbons (Fsp3) is 0.226. The number of aryl methyl sites for hydroxylation is 1. The molecule has 3 aromatic heterocycles. The Bertz CT molecular complexity index is 1770. The van der Waals surface area contributed by atoms with Gasteiger partial charge in [0.25, 0.3) is 0 Å². The first kappa shape index (κ1) is 27.1. The minimum absolute atomic E-state index is 0.0898. The average molecular weight is 589 g/mol. The first-order valence-electron chi connectivity index (χ1n) is 13.2. The predicted molar refractivity (Wildman–Crippen MR) is 159 cm³/mol. The zero-order chi connectivity index (χ0) is 28.7. The number of fused-ring (bicyclic) bond motifs is 1. The van der Waals surface area contributed by atoms with E-state index in [1.54, 1.807) is 18.3 Å². The molecular weight excluding hydrogens is 563 g/mol. The maximum Gasteiger partial charge on any atom is 0.304 e. The molecule has 1 N–H and O–H groups in total. The molecule has 0 bridgehead atoms. The molecule has 3 heterocycles. The van der Waals surface area contributed by atoms with Crippen LogP contribution in [0.1, 0.15) is 24.8 Å². The number of hydrogen-bond acceptors (Lipinski definition) is 5. The molecule has 6 rings (SSSR count). The number of aromatic nitrogens is 3. The Morgan fingerprint density at radius 3 is 2.66 bits per heavy atom. The number of benzene rings is 2. The number of aliphatic carboxylic acids is 1. The van der Waals surface area contributed by atoms with Crippen molar-refractivity contribution in [2.45, 2.75) is 31.7 Å². The number of hydrogen-bond donors (Lipinski definition) is 1. The number of rotatable bonds is 9. The zero-order valence-corrected chi connectivity index (χ0v) is 23.7. The Hall–Kier alpha value is -4.08. The van der Waals surface area contributed by atoms with E-state index in [1.807, 2.05) is 66.3 Å². The second-order valence-corrected chi connectivity index (χ2v) is 11.7. The largest absolute Gasteiger partial charge is 0.481 e. The predicted octanol–water partition coefficient (Wildman–Crippen LogP) is 6.99. The summed E-state index contributed by atoms with van der Waals surface area (Å²) in [4.78, 5) is 36.3. The van der Waals surface area contributed by atoms with Crippen LogP contribution in [0.2, 0.25) is 5.02 Å². The first-order valence-corrected chi connectivity index (χ1v) is 14.4. The van der Waals surface area contributed by atoms with Crippen LogP contribution in [-0.4, -0.2) is 37.6 Å². The molecule has 0 saturated heterocycles. The molecule has 1 fully saturated rings. The van der Waals surface area contributed by atoms with E-state index in [0.717, 1.165) is 46.3 Å². The van der Waals surface area contributed by atoms with Gasteiger partial charge in [0, 0.05) is 47.0 Å². The normalized spacial score (nSPS) is 13.8. The topological polar surface area (TPSA) is 88.3 Å². The highest BCUT2D eigenvalue weighted by atomic mass is 35.5. The van der Waals surface area contributed by atoms with Gasteiger partial charge in [0.15, 0.2) is 5.13 Å². The Morgan fingerprint density at radius 2 is 1.93 bits per heavy atom. The van der Waals surface area contributed by atoms with Crippen LogP contribution in [-0.2, 0) is 23.1 Å².